The SMILES string of the molecule is CCCCCNc1ccc(S(=O)(=O)N(C)C)cc1C(=O)O. The predicted molar refractivity (Wildman–Crippen MR) is 82.3 cm³/mol. The molecule has 6 nitrogen and oxygen atoms in total. The largest absolute Gasteiger partial charge is 0.478 e. The number of nitrogens with zero attached hydrogens (tertiary/aromatic N) is 1. The molecule has 1 aromatic rings. The van der Waals surface area contributed by atoms with Gasteiger partial charge in [-0.05, 0) is 24.6 Å². The predicted octanol–water partition coefficient (Wildman–Crippen LogP) is 2.24. The molecule has 0 saturated carbocycles. The highest BCUT2D eigenvalue weighted by Gasteiger charge is 2.20. The number of carboxylic acids is 1. The zero-order chi connectivity index (χ0) is 16.0. The van der Waals surface area contributed by atoms with Crippen molar-refractivity contribution in [2.24, 2.45) is 0 Å². The van der Waals surface area contributed by atoms with Gasteiger partial charge < -0.3 is 10.4 Å². The van der Waals surface area contributed by atoms with Crippen molar-refractivity contribution in [2.75, 3.05) is 26.0 Å². The molecule has 21 heavy (non-hydrogen) atoms. The van der Waals surface area contributed by atoms with Crippen LogP contribution in [0.15, 0.2) is 23.1 Å². The Labute approximate surface area is 125 Å². The van der Waals surface area contributed by atoms with Crippen LogP contribution in [0.2, 0.25) is 0 Å². The summed E-state index contributed by atoms with van der Waals surface area (Å²) >= 11 is 0. The van der Waals surface area contributed by atoms with Gasteiger partial charge in [0.05, 0.1) is 10.5 Å². The van der Waals surface area contributed by atoms with E-state index in [-0.39, 0.29) is 10.5 Å². The summed E-state index contributed by atoms with van der Waals surface area (Å²) in [5.74, 6) is -1.15. The smallest absolute Gasteiger partial charge is 0.337 e. The molecule has 1 aromatic carbocycles. The maximum atomic E-state index is 12.0. The van der Waals surface area contributed by atoms with E-state index in [0.717, 1.165) is 23.6 Å². The second-order valence-corrected chi connectivity index (χ2v) is 7.09. The quantitative estimate of drug-likeness (QED) is 0.719. The molecule has 0 radical (unpaired) electrons. The highest BCUT2D eigenvalue weighted by Crippen LogP contribution is 2.22. The van der Waals surface area contributed by atoms with E-state index in [2.05, 4.69) is 12.2 Å². The monoisotopic (exact) mass is 314 g/mol. The summed E-state index contributed by atoms with van der Waals surface area (Å²) in [6.45, 7) is 2.75. The van der Waals surface area contributed by atoms with Crippen molar-refractivity contribution in [1.82, 2.24) is 4.31 Å². The zero-order valence-corrected chi connectivity index (χ0v) is 13.4. The topological polar surface area (TPSA) is 86.7 Å². The Morgan fingerprint density at radius 3 is 2.48 bits per heavy atom. The Morgan fingerprint density at radius 1 is 1.29 bits per heavy atom. The van der Waals surface area contributed by atoms with Gasteiger partial charge in [0.1, 0.15) is 0 Å². The molecular weight excluding hydrogens is 292 g/mol. The number of carbonyl (C=O) groups is 1. The standard InChI is InChI=1S/C14H22N2O4S/c1-4-5-6-9-15-13-8-7-11(10-12(13)14(17)18)21(19,20)16(2)3/h7-8,10,15H,4-6,9H2,1-3H3,(H,17,18). The minimum Gasteiger partial charge on any atom is -0.478 e. The number of hydrogen-bond acceptors (Lipinski definition) is 4. The molecule has 118 valence electrons. The van der Waals surface area contributed by atoms with Crippen molar-refractivity contribution in [3.63, 3.8) is 0 Å². The molecule has 0 atom stereocenters. The lowest BCUT2D eigenvalue weighted by molar-refractivity contribution is 0.0697. The maximum Gasteiger partial charge on any atom is 0.337 e. The lowest BCUT2D eigenvalue weighted by Gasteiger charge is -2.14. The highest BCUT2D eigenvalue weighted by molar-refractivity contribution is 7.89. The minimum atomic E-state index is -3.64. The number of aromatic carboxylic acids is 1. The highest BCUT2D eigenvalue weighted by atomic mass is 32.2. The zero-order valence-electron chi connectivity index (χ0n) is 12.6. The average molecular weight is 314 g/mol. The fraction of sp³-hybridized carbons (Fsp3) is 0.500. The molecular formula is C14H22N2O4S. The van der Waals surface area contributed by atoms with Gasteiger partial charge in [0, 0.05) is 26.3 Å². The van der Waals surface area contributed by atoms with Crippen LogP contribution in [0.5, 0.6) is 0 Å². The van der Waals surface area contributed by atoms with Crippen molar-refractivity contribution < 1.29 is 18.3 Å². The van der Waals surface area contributed by atoms with Crippen LogP contribution in [0.25, 0.3) is 0 Å². The van der Waals surface area contributed by atoms with Crippen molar-refractivity contribution in [1.29, 1.82) is 0 Å². The summed E-state index contributed by atoms with van der Waals surface area (Å²) in [4.78, 5) is 11.3. The van der Waals surface area contributed by atoms with Crippen LogP contribution in [-0.2, 0) is 10.0 Å². The van der Waals surface area contributed by atoms with Crippen molar-refractivity contribution in [3.05, 3.63) is 23.8 Å². The first kappa shape index (κ1) is 17.5. The molecule has 0 aliphatic rings. The fourth-order valence-corrected chi connectivity index (χ4v) is 2.75. The number of carboxylic acid groups (broad SMARTS) is 1. The Hall–Kier alpha value is -1.60. The number of rotatable bonds is 8. The fourth-order valence-electron chi connectivity index (χ4n) is 1.82. The summed E-state index contributed by atoms with van der Waals surface area (Å²) in [5, 5.41) is 12.3. The molecule has 7 heteroatoms. The van der Waals surface area contributed by atoms with Crippen LogP contribution in [0.1, 0.15) is 36.5 Å². The minimum absolute atomic E-state index is 0.0241. The number of sulfonamides is 1. The van der Waals surface area contributed by atoms with Crippen molar-refractivity contribution >= 4 is 21.7 Å². The number of anilines is 1. The Morgan fingerprint density at radius 2 is 1.95 bits per heavy atom. The van der Waals surface area contributed by atoms with Crippen LogP contribution in [0.3, 0.4) is 0 Å². The first-order chi connectivity index (χ1) is 9.80. The Kier molecular flexibility index (Phi) is 6.17. The van der Waals surface area contributed by atoms with E-state index in [1.807, 2.05) is 0 Å². The van der Waals surface area contributed by atoms with E-state index in [1.54, 1.807) is 0 Å². The Balaban J connectivity index is 3.06. The molecule has 0 aliphatic carbocycles. The Bertz CT molecular complexity index is 597. The molecule has 0 bridgehead atoms. The van der Waals surface area contributed by atoms with Gasteiger partial charge in [0.15, 0.2) is 0 Å². The number of unbranched alkanes of at least 4 members (excludes halogenated alkanes) is 2. The number of nitrogens with one attached hydrogen (secondary N) is 1. The van der Waals surface area contributed by atoms with Crippen molar-refractivity contribution in [3.8, 4) is 0 Å². The van der Waals surface area contributed by atoms with Crippen LogP contribution in [-0.4, -0.2) is 44.4 Å². The first-order valence-corrected chi connectivity index (χ1v) is 8.28. The third-order valence-corrected chi connectivity index (χ3v) is 4.91. The van der Waals surface area contributed by atoms with E-state index < -0.39 is 16.0 Å². The van der Waals surface area contributed by atoms with Gasteiger partial charge in [-0.1, -0.05) is 19.8 Å². The molecule has 0 aromatic heterocycles. The molecule has 0 aliphatic heterocycles. The summed E-state index contributed by atoms with van der Waals surface area (Å²) < 4.78 is 25.1. The van der Waals surface area contributed by atoms with Crippen molar-refractivity contribution in [2.45, 2.75) is 31.1 Å². The van der Waals surface area contributed by atoms with Crippen LogP contribution in [0.4, 0.5) is 5.69 Å². The van der Waals surface area contributed by atoms with Gasteiger partial charge in [0.2, 0.25) is 10.0 Å². The van der Waals surface area contributed by atoms with Gasteiger partial charge in [-0.3, -0.25) is 0 Å². The van der Waals surface area contributed by atoms with Gasteiger partial charge in [-0.2, -0.15) is 0 Å². The molecule has 0 heterocycles. The number of benzene rings is 1. The normalized spacial score (nSPS) is 11.6. The summed E-state index contributed by atoms with van der Waals surface area (Å²) in [6.07, 6.45) is 3.07. The number of hydrogen-bond donors (Lipinski definition) is 2. The van der Waals surface area contributed by atoms with E-state index >= 15 is 0 Å². The summed E-state index contributed by atoms with van der Waals surface area (Å²) in [7, 11) is -0.818. The molecule has 0 saturated heterocycles. The van der Waals surface area contributed by atoms with Crippen LogP contribution >= 0.6 is 0 Å². The second kappa shape index (κ2) is 7.42. The summed E-state index contributed by atoms with van der Waals surface area (Å²) in [5.41, 5.74) is 0.408. The van der Waals surface area contributed by atoms with E-state index in [1.165, 1.54) is 32.3 Å². The molecule has 1 rings (SSSR count). The first-order valence-electron chi connectivity index (χ1n) is 6.84. The van der Waals surface area contributed by atoms with Gasteiger partial charge >= 0.3 is 5.97 Å². The summed E-state index contributed by atoms with van der Waals surface area (Å²) in [6, 6.07) is 4.12. The lowest BCUT2D eigenvalue weighted by atomic mass is 10.1. The van der Waals surface area contributed by atoms with Gasteiger partial charge in [-0.25, -0.2) is 17.5 Å². The lowest BCUT2D eigenvalue weighted by Crippen LogP contribution is -2.22. The molecule has 2 N–H and O–H groups in total. The molecule has 0 spiro atoms. The third kappa shape index (κ3) is 4.44. The third-order valence-electron chi connectivity index (χ3n) is 3.10. The van der Waals surface area contributed by atoms with Gasteiger partial charge in [0.25, 0.3) is 0 Å². The van der Waals surface area contributed by atoms with E-state index in [4.69, 9.17) is 0 Å². The van der Waals surface area contributed by atoms with Gasteiger partial charge in [-0.15, -0.1) is 0 Å². The molecule has 0 unspecified atom stereocenters. The van der Waals surface area contributed by atoms with Crippen LogP contribution < -0.4 is 5.32 Å². The van der Waals surface area contributed by atoms with Crippen LogP contribution in [0, 0.1) is 0 Å². The molecule has 0 fully saturated rings. The van der Waals surface area contributed by atoms with E-state index in [0.29, 0.717) is 12.2 Å². The van der Waals surface area contributed by atoms with E-state index in [9.17, 15) is 18.3 Å². The maximum absolute atomic E-state index is 12.0. The second-order valence-electron chi connectivity index (χ2n) is 4.93. The average Bonchev–Trinajstić information content (AvgIpc) is 2.43. The molecule has 0 amide bonds.